The van der Waals surface area contributed by atoms with Crippen molar-refractivity contribution >= 4 is 34.0 Å². The quantitative estimate of drug-likeness (QED) is 0.588. The SMILES string of the molecule is CC1(C)CCC(C)(C)c2cc(/C=C/c3ccc(C(=O)O)cc3)c(C=CS(C)(=O)=O)cc21. The summed E-state index contributed by atoms with van der Waals surface area (Å²) in [5.74, 6) is -0.955. The molecule has 1 aliphatic rings. The van der Waals surface area contributed by atoms with Crippen LogP contribution in [0.4, 0.5) is 0 Å². The van der Waals surface area contributed by atoms with Gasteiger partial charge in [-0.1, -0.05) is 64.1 Å². The molecule has 1 N–H and O–H groups in total. The van der Waals surface area contributed by atoms with E-state index >= 15 is 0 Å². The van der Waals surface area contributed by atoms with Gasteiger partial charge in [0.2, 0.25) is 0 Å². The average molecular weight is 439 g/mol. The third-order valence-electron chi connectivity index (χ3n) is 6.16. The van der Waals surface area contributed by atoms with Crippen molar-refractivity contribution in [2.75, 3.05) is 6.26 Å². The van der Waals surface area contributed by atoms with Gasteiger partial charge in [0.15, 0.2) is 9.84 Å². The van der Waals surface area contributed by atoms with Gasteiger partial charge in [-0.25, -0.2) is 13.2 Å². The summed E-state index contributed by atoms with van der Waals surface area (Å²) in [6.45, 7) is 8.99. The number of rotatable bonds is 5. The second-order valence-corrected chi connectivity index (χ2v) is 11.6. The number of fused-ring (bicyclic) bond motifs is 1. The summed E-state index contributed by atoms with van der Waals surface area (Å²) in [7, 11) is -3.25. The highest BCUT2D eigenvalue weighted by atomic mass is 32.2. The Bertz CT molecular complexity index is 1160. The number of sulfone groups is 1. The first kappa shape index (κ1) is 23.0. The molecule has 0 spiro atoms. The lowest BCUT2D eigenvalue weighted by Gasteiger charge is -2.42. The fraction of sp³-hybridized carbons (Fsp3) is 0.346. The zero-order chi connectivity index (χ0) is 23.0. The van der Waals surface area contributed by atoms with Crippen LogP contribution in [0.25, 0.3) is 18.2 Å². The predicted octanol–water partition coefficient (Wildman–Crippen LogP) is 5.92. The molecule has 164 valence electrons. The molecule has 0 radical (unpaired) electrons. The molecule has 5 heteroatoms. The third-order valence-corrected chi connectivity index (χ3v) is 6.79. The lowest BCUT2D eigenvalue weighted by molar-refractivity contribution is 0.0697. The summed E-state index contributed by atoms with van der Waals surface area (Å²) in [6.07, 6.45) is 8.91. The largest absolute Gasteiger partial charge is 0.478 e. The van der Waals surface area contributed by atoms with E-state index in [9.17, 15) is 13.2 Å². The number of carboxylic acid groups (broad SMARTS) is 1. The van der Waals surface area contributed by atoms with Gasteiger partial charge in [-0.3, -0.25) is 0 Å². The number of hydrogen-bond acceptors (Lipinski definition) is 3. The van der Waals surface area contributed by atoms with Gasteiger partial charge in [0.1, 0.15) is 0 Å². The molecule has 0 bridgehead atoms. The highest BCUT2D eigenvalue weighted by Crippen LogP contribution is 2.46. The fourth-order valence-corrected chi connectivity index (χ4v) is 4.45. The van der Waals surface area contributed by atoms with Crippen molar-refractivity contribution in [1.29, 1.82) is 0 Å². The molecular weight excluding hydrogens is 408 g/mol. The number of hydrogen-bond donors (Lipinski definition) is 1. The minimum atomic E-state index is -3.25. The Balaban J connectivity index is 2.13. The van der Waals surface area contributed by atoms with Crippen LogP contribution in [0.2, 0.25) is 0 Å². The predicted molar refractivity (Wildman–Crippen MR) is 128 cm³/mol. The van der Waals surface area contributed by atoms with Crippen molar-refractivity contribution in [2.24, 2.45) is 0 Å². The molecule has 0 fully saturated rings. The molecule has 0 atom stereocenters. The van der Waals surface area contributed by atoms with Crippen molar-refractivity contribution in [3.8, 4) is 0 Å². The van der Waals surface area contributed by atoms with Crippen molar-refractivity contribution in [3.63, 3.8) is 0 Å². The number of carbonyl (C=O) groups is 1. The van der Waals surface area contributed by atoms with E-state index in [0.717, 1.165) is 29.5 Å². The van der Waals surface area contributed by atoms with Gasteiger partial charge >= 0.3 is 5.97 Å². The van der Waals surface area contributed by atoms with Gasteiger partial charge in [-0.2, -0.15) is 0 Å². The van der Waals surface area contributed by atoms with Crippen molar-refractivity contribution < 1.29 is 18.3 Å². The molecule has 4 nitrogen and oxygen atoms in total. The molecule has 31 heavy (non-hydrogen) atoms. The molecule has 2 aromatic carbocycles. The first-order valence-electron chi connectivity index (χ1n) is 10.4. The standard InChI is InChI=1S/C26H30O4S/c1-25(2)13-14-26(3,4)23-17-21(12-15-31(5,29)30)20(16-22(23)25)11-8-18-6-9-19(10-7-18)24(27)28/h6-12,15-17H,13-14H2,1-5H3,(H,27,28)/b11-8+,15-12?. The van der Waals surface area contributed by atoms with E-state index in [1.807, 2.05) is 12.2 Å². The maximum Gasteiger partial charge on any atom is 0.335 e. The first-order valence-corrected chi connectivity index (χ1v) is 12.3. The topological polar surface area (TPSA) is 71.4 Å². The van der Waals surface area contributed by atoms with Gasteiger partial charge in [0, 0.05) is 11.7 Å². The van der Waals surface area contributed by atoms with E-state index in [-0.39, 0.29) is 16.4 Å². The van der Waals surface area contributed by atoms with Gasteiger partial charge in [0.05, 0.1) is 5.56 Å². The lowest BCUT2D eigenvalue weighted by Crippen LogP contribution is -2.34. The van der Waals surface area contributed by atoms with Crippen LogP contribution in [0.5, 0.6) is 0 Å². The van der Waals surface area contributed by atoms with Gasteiger partial charge in [0.25, 0.3) is 0 Å². The Hall–Kier alpha value is -2.66. The lowest BCUT2D eigenvalue weighted by atomic mass is 9.62. The second-order valence-electron chi connectivity index (χ2n) is 9.69. The zero-order valence-electron chi connectivity index (χ0n) is 18.8. The maximum atomic E-state index is 11.7. The summed E-state index contributed by atoms with van der Waals surface area (Å²) in [4.78, 5) is 11.1. The Morgan fingerprint density at radius 1 is 0.871 bits per heavy atom. The van der Waals surface area contributed by atoms with E-state index in [4.69, 9.17) is 5.11 Å². The normalized spacial score (nSPS) is 17.7. The van der Waals surface area contributed by atoms with E-state index < -0.39 is 15.8 Å². The van der Waals surface area contributed by atoms with E-state index in [1.54, 1.807) is 30.3 Å². The zero-order valence-corrected chi connectivity index (χ0v) is 19.6. The van der Waals surface area contributed by atoms with Crippen LogP contribution in [0.1, 0.15) is 78.7 Å². The Kier molecular flexibility index (Phi) is 6.03. The summed E-state index contributed by atoms with van der Waals surface area (Å²) < 4.78 is 23.5. The monoisotopic (exact) mass is 438 g/mol. The Morgan fingerprint density at radius 2 is 1.35 bits per heavy atom. The van der Waals surface area contributed by atoms with Crippen molar-refractivity contribution in [2.45, 2.75) is 51.4 Å². The smallest absolute Gasteiger partial charge is 0.335 e. The summed E-state index contributed by atoms with van der Waals surface area (Å²) >= 11 is 0. The number of benzene rings is 2. The first-order chi connectivity index (χ1) is 14.3. The molecule has 1 aliphatic carbocycles. The molecular formula is C26H30O4S. The van der Waals surface area contributed by atoms with Crippen LogP contribution < -0.4 is 0 Å². The fourth-order valence-electron chi connectivity index (χ4n) is 4.06. The second kappa shape index (κ2) is 8.12. The van der Waals surface area contributed by atoms with Crippen molar-refractivity contribution in [3.05, 3.63) is 75.2 Å². The molecule has 0 saturated carbocycles. The average Bonchev–Trinajstić information content (AvgIpc) is 2.68. The number of carboxylic acids is 1. The molecule has 0 amide bonds. The van der Waals surface area contributed by atoms with Gasteiger partial charge < -0.3 is 5.11 Å². The Labute approximate surface area is 185 Å². The van der Waals surface area contributed by atoms with E-state index in [0.29, 0.717) is 0 Å². The van der Waals surface area contributed by atoms with Crippen LogP contribution >= 0.6 is 0 Å². The third kappa shape index (κ3) is 5.34. The number of aromatic carboxylic acids is 1. The summed E-state index contributed by atoms with van der Waals surface area (Å²) in [5.41, 5.74) is 5.52. The van der Waals surface area contributed by atoms with Gasteiger partial charge in [-0.15, -0.1) is 0 Å². The summed E-state index contributed by atoms with van der Waals surface area (Å²) in [5, 5.41) is 10.3. The minimum Gasteiger partial charge on any atom is -0.478 e. The van der Waals surface area contributed by atoms with E-state index in [2.05, 4.69) is 39.8 Å². The van der Waals surface area contributed by atoms with Crippen LogP contribution in [0.15, 0.2) is 41.8 Å². The van der Waals surface area contributed by atoms with Gasteiger partial charge in [-0.05, 0) is 69.7 Å². The molecule has 0 saturated heterocycles. The van der Waals surface area contributed by atoms with Crippen LogP contribution in [0.3, 0.4) is 0 Å². The molecule has 0 aliphatic heterocycles. The molecule has 0 aromatic heterocycles. The Morgan fingerprint density at radius 3 is 1.81 bits per heavy atom. The van der Waals surface area contributed by atoms with E-state index in [1.165, 1.54) is 22.8 Å². The van der Waals surface area contributed by atoms with Crippen molar-refractivity contribution in [1.82, 2.24) is 0 Å². The van der Waals surface area contributed by atoms with Crippen LogP contribution in [-0.2, 0) is 20.7 Å². The van der Waals surface area contributed by atoms with Crippen LogP contribution in [-0.4, -0.2) is 25.7 Å². The minimum absolute atomic E-state index is 0.0213. The summed E-state index contributed by atoms with van der Waals surface area (Å²) in [6, 6.07) is 11.0. The maximum absolute atomic E-state index is 11.7. The molecule has 0 heterocycles. The molecule has 3 rings (SSSR count). The molecule has 2 aromatic rings. The van der Waals surface area contributed by atoms with Crippen LogP contribution in [0, 0.1) is 0 Å². The molecule has 0 unspecified atom stereocenters. The highest BCUT2D eigenvalue weighted by Gasteiger charge is 2.37. The highest BCUT2D eigenvalue weighted by molar-refractivity contribution is 7.93.